The zero-order valence-corrected chi connectivity index (χ0v) is 15.1. The van der Waals surface area contributed by atoms with Gasteiger partial charge in [0.05, 0.1) is 13.2 Å². The number of methoxy groups -OCH3 is 1. The van der Waals surface area contributed by atoms with Crippen LogP contribution in [0.25, 0.3) is 0 Å². The first-order valence-corrected chi connectivity index (χ1v) is 8.98. The molecule has 4 rings (SSSR count). The van der Waals surface area contributed by atoms with Crippen LogP contribution >= 0.6 is 0 Å². The highest BCUT2D eigenvalue weighted by Gasteiger charge is 2.43. The quantitative estimate of drug-likeness (QED) is 0.737. The summed E-state index contributed by atoms with van der Waals surface area (Å²) in [6.07, 6.45) is 0.398. The lowest BCUT2D eigenvalue weighted by Crippen LogP contribution is -2.28. The third kappa shape index (κ3) is 3.14. The normalized spacial score (nSPS) is 19.3. The fourth-order valence-corrected chi connectivity index (χ4v) is 3.87. The average Bonchev–Trinajstić information content (AvgIpc) is 3.06. The molecule has 1 saturated heterocycles. The van der Waals surface area contributed by atoms with Gasteiger partial charge >= 0.3 is 0 Å². The molecule has 0 aliphatic carbocycles. The number of phenolic OH excluding ortho intramolecular Hbond substituents is 1. The minimum Gasteiger partial charge on any atom is -0.508 e. The molecule has 1 fully saturated rings. The smallest absolute Gasteiger partial charge is 0.228 e. The van der Waals surface area contributed by atoms with Crippen molar-refractivity contribution in [3.05, 3.63) is 90.0 Å². The molecular weight excluding hydrogens is 338 g/mol. The third-order valence-corrected chi connectivity index (χ3v) is 5.16. The lowest BCUT2D eigenvalue weighted by atomic mass is 9.87. The molecule has 0 aromatic heterocycles. The summed E-state index contributed by atoms with van der Waals surface area (Å²) in [5, 5.41) is 10.5. The van der Waals surface area contributed by atoms with Gasteiger partial charge in [-0.3, -0.25) is 4.79 Å². The van der Waals surface area contributed by atoms with Crippen molar-refractivity contribution in [3.8, 4) is 11.5 Å². The maximum absolute atomic E-state index is 13.0. The van der Waals surface area contributed by atoms with Crippen LogP contribution in [0.5, 0.6) is 11.5 Å². The number of carbonyl (C=O) groups is 1. The second kappa shape index (κ2) is 7.16. The Balaban J connectivity index is 1.83. The number of nitrogens with zero attached hydrogens (tertiary/aromatic N) is 1. The van der Waals surface area contributed by atoms with E-state index in [1.807, 2.05) is 66.7 Å². The van der Waals surface area contributed by atoms with E-state index in [2.05, 4.69) is 0 Å². The van der Waals surface area contributed by atoms with Gasteiger partial charge in [0.2, 0.25) is 5.91 Å². The van der Waals surface area contributed by atoms with Crippen LogP contribution in [-0.4, -0.2) is 18.1 Å². The van der Waals surface area contributed by atoms with Gasteiger partial charge in [-0.15, -0.1) is 0 Å². The first-order chi connectivity index (χ1) is 13.2. The topological polar surface area (TPSA) is 49.8 Å². The monoisotopic (exact) mass is 359 g/mol. The van der Waals surface area contributed by atoms with Gasteiger partial charge in [0.15, 0.2) is 0 Å². The van der Waals surface area contributed by atoms with E-state index in [0.29, 0.717) is 6.42 Å². The minimum atomic E-state index is -0.269. The Labute approximate surface area is 158 Å². The Morgan fingerprint density at radius 1 is 0.926 bits per heavy atom. The van der Waals surface area contributed by atoms with Crippen LogP contribution in [0, 0.1) is 0 Å². The van der Waals surface area contributed by atoms with Crippen molar-refractivity contribution in [2.75, 3.05) is 12.0 Å². The van der Waals surface area contributed by atoms with E-state index in [4.69, 9.17) is 4.74 Å². The molecule has 0 spiro atoms. The maximum atomic E-state index is 13.0. The fraction of sp³-hybridized carbons (Fsp3) is 0.174. The molecule has 0 saturated carbocycles. The van der Waals surface area contributed by atoms with Crippen molar-refractivity contribution < 1.29 is 14.6 Å². The van der Waals surface area contributed by atoms with Gasteiger partial charge < -0.3 is 14.7 Å². The highest BCUT2D eigenvalue weighted by molar-refractivity contribution is 5.98. The van der Waals surface area contributed by atoms with Crippen LogP contribution in [0.15, 0.2) is 78.9 Å². The molecule has 0 bridgehead atoms. The maximum Gasteiger partial charge on any atom is 0.228 e. The molecule has 27 heavy (non-hydrogen) atoms. The second-order valence-electron chi connectivity index (χ2n) is 6.69. The first kappa shape index (κ1) is 17.2. The predicted molar refractivity (Wildman–Crippen MR) is 105 cm³/mol. The summed E-state index contributed by atoms with van der Waals surface area (Å²) >= 11 is 0. The van der Waals surface area contributed by atoms with Crippen LogP contribution in [-0.2, 0) is 4.79 Å². The van der Waals surface area contributed by atoms with E-state index < -0.39 is 0 Å². The molecule has 3 aromatic carbocycles. The van der Waals surface area contributed by atoms with Crippen molar-refractivity contribution in [2.24, 2.45) is 0 Å². The summed E-state index contributed by atoms with van der Waals surface area (Å²) in [5.74, 6) is 0.956. The van der Waals surface area contributed by atoms with E-state index in [9.17, 15) is 9.90 Å². The van der Waals surface area contributed by atoms with E-state index >= 15 is 0 Å². The molecule has 1 N–H and O–H groups in total. The molecule has 4 nitrogen and oxygen atoms in total. The number of anilines is 1. The zero-order chi connectivity index (χ0) is 18.8. The van der Waals surface area contributed by atoms with Gasteiger partial charge in [-0.25, -0.2) is 0 Å². The number of hydrogen-bond donors (Lipinski definition) is 1. The Morgan fingerprint density at radius 2 is 1.59 bits per heavy atom. The SMILES string of the molecule is COc1ccc(N2C(=O)C[C@@H](c3ccccc3)[C@@H]2c2ccccc2O)cc1. The standard InChI is InChI=1S/C23H21NO3/c1-27-18-13-11-17(12-14-18)24-22(26)15-20(16-7-3-2-4-8-16)23(24)19-9-5-6-10-21(19)25/h2-14,20,23,25H,15H2,1H3/t20-,23-/m0/s1. The highest BCUT2D eigenvalue weighted by Crippen LogP contribution is 2.48. The van der Waals surface area contributed by atoms with Gasteiger partial charge in [-0.05, 0) is 35.9 Å². The van der Waals surface area contributed by atoms with E-state index in [1.165, 1.54) is 0 Å². The second-order valence-corrected chi connectivity index (χ2v) is 6.69. The molecule has 1 aliphatic rings. The summed E-state index contributed by atoms with van der Waals surface area (Å²) in [7, 11) is 1.62. The molecule has 1 aliphatic heterocycles. The number of carbonyl (C=O) groups excluding carboxylic acids is 1. The summed E-state index contributed by atoms with van der Waals surface area (Å²) < 4.78 is 5.24. The number of aromatic hydroxyl groups is 1. The predicted octanol–water partition coefficient (Wildman–Crippen LogP) is 4.66. The molecule has 0 radical (unpaired) electrons. The summed E-state index contributed by atoms with van der Waals surface area (Å²) in [6.45, 7) is 0. The molecule has 1 amide bonds. The van der Waals surface area contributed by atoms with Crippen molar-refractivity contribution >= 4 is 11.6 Å². The Morgan fingerprint density at radius 3 is 2.26 bits per heavy atom. The number of benzene rings is 3. The Bertz CT molecular complexity index is 937. The van der Waals surface area contributed by atoms with E-state index in [0.717, 1.165) is 22.6 Å². The lowest BCUT2D eigenvalue weighted by molar-refractivity contribution is -0.117. The van der Waals surface area contributed by atoms with E-state index in [1.54, 1.807) is 24.1 Å². The number of para-hydroxylation sites is 1. The van der Waals surface area contributed by atoms with Gasteiger partial charge in [-0.2, -0.15) is 0 Å². The minimum absolute atomic E-state index is 0.0332. The first-order valence-electron chi connectivity index (χ1n) is 8.98. The van der Waals surface area contributed by atoms with Crippen molar-refractivity contribution in [2.45, 2.75) is 18.4 Å². The van der Waals surface area contributed by atoms with Crippen molar-refractivity contribution in [1.82, 2.24) is 0 Å². The van der Waals surface area contributed by atoms with Gasteiger partial charge in [0.25, 0.3) is 0 Å². The van der Waals surface area contributed by atoms with Crippen LogP contribution in [0.1, 0.15) is 29.5 Å². The Kier molecular flexibility index (Phi) is 4.55. The van der Waals surface area contributed by atoms with E-state index in [-0.39, 0.29) is 23.6 Å². The highest BCUT2D eigenvalue weighted by atomic mass is 16.5. The third-order valence-electron chi connectivity index (χ3n) is 5.16. The number of ether oxygens (including phenoxy) is 1. The van der Waals surface area contributed by atoms with Crippen LogP contribution in [0.3, 0.4) is 0 Å². The van der Waals surface area contributed by atoms with Crippen molar-refractivity contribution in [1.29, 1.82) is 0 Å². The number of phenols is 1. The van der Waals surface area contributed by atoms with Gasteiger partial charge in [0.1, 0.15) is 11.5 Å². The molecule has 4 heteroatoms. The van der Waals surface area contributed by atoms with Gasteiger partial charge in [0, 0.05) is 23.6 Å². The molecule has 1 heterocycles. The number of hydrogen-bond acceptors (Lipinski definition) is 3. The summed E-state index contributed by atoms with van der Waals surface area (Å²) in [5.41, 5.74) is 2.65. The summed E-state index contributed by atoms with van der Waals surface area (Å²) in [6, 6.07) is 24.5. The van der Waals surface area contributed by atoms with Crippen molar-refractivity contribution in [3.63, 3.8) is 0 Å². The molecular formula is C23H21NO3. The Hall–Kier alpha value is -3.27. The largest absolute Gasteiger partial charge is 0.508 e. The van der Waals surface area contributed by atoms with Crippen LogP contribution < -0.4 is 9.64 Å². The number of amides is 1. The average molecular weight is 359 g/mol. The summed E-state index contributed by atoms with van der Waals surface area (Å²) in [4.78, 5) is 14.8. The molecule has 0 unspecified atom stereocenters. The van der Waals surface area contributed by atoms with Crippen LogP contribution in [0.2, 0.25) is 0 Å². The number of rotatable bonds is 4. The molecule has 3 aromatic rings. The fourth-order valence-electron chi connectivity index (χ4n) is 3.87. The zero-order valence-electron chi connectivity index (χ0n) is 15.1. The molecule has 2 atom stereocenters. The lowest BCUT2D eigenvalue weighted by Gasteiger charge is -2.29. The van der Waals surface area contributed by atoms with Crippen LogP contribution in [0.4, 0.5) is 5.69 Å². The van der Waals surface area contributed by atoms with Gasteiger partial charge in [-0.1, -0.05) is 48.5 Å². The molecule has 136 valence electrons.